The van der Waals surface area contributed by atoms with Crippen molar-refractivity contribution in [2.45, 2.75) is 24.9 Å². The van der Waals surface area contributed by atoms with Gasteiger partial charge in [-0.15, -0.1) is 12.4 Å². The van der Waals surface area contributed by atoms with E-state index in [1.54, 1.807) is 0 Å². The average molecular weight is 289 g/mol. The maximum Gasteiger partial charge on any atom is 0.264 e. The Bertz CT molecular complexity index is 413. The van der Waals surface area contributed by atoms with Crippen molar-refractivity contribution in [3.8, 4) is 0 Å². The van der Waals surface area contributed by atoms with Gasteiger partial charge in [-0.3, -0.25) is 4.90 Å². The summed E-state index contributed by atoms with van der Waals surface area (Å²) in [6.45, 7) is 1.93. The lowest BCUT2D eigenvalue weighted by molar-refractivity contribution is -0.0358. The molecule has 0 aliphatic carbocycles. The van der Waals surface area contributed by atoms with Crippen LogP contribution in [0.25, 0.3) is 0 Å². The molecule has 106 valence electrons. The summed E-state index contributed by atoms with van der Waals surface area (Å²) in [6, 6.07) is 9.85. The molecule has 0 aromatic heterocycles. The summed E-state index contributed by atoms with van der Waals surface area (Å²) in [4.78, 5) is 1.94. The third kappa shape index (κ3) is 2.91. The van der Waals surface area contributed by atoms with E-state index in [1.807, 2.05) is 35.2 Å². The van der Waals surface area contributed by atoms with Crippen molar-refractivity contribution in [1.82, 2.24) is 10.2 Å². The minimum atomic E-state index is -2.53. The van der Waals surface area contributed by atoms with E-state index in [1.165, 1.54) is 0 Å². The smallest absolute Gasteiger partial charge is 0.264 e. The summed E-state index contributed by atoms with van der Waals surface area (Å²) >= 11 is 0. The zero-order valence-electron chi connectivity index (χ0n) is 10.7. The lowest BCUT2D eigenvalue weighted by Crippen LogP contribution is -2.46. The lowest BCUT2D eigenvalue weighted by atomic mass is 9.91. The van der Waals surface area contributed by atoms with Gasteiger partial charge in [0.15, 0.2) is 0 Å². The molecule has 2 aliphatic rings. The van der Waals surface area contributed by atoms with Gasteiger partial charge in [0.2, 0.25) is 0 Å². The number of rotatable bonds is 2. The highest BCUT2D eigenvalue weighted by Crippen LogP contribution is 2.41. The van der Waals surface area contributed by atoms with Gasteiger partial charge >= 0.3 is 0 Å². The molecule has 0 radical (unpaired) electrons. The van der Waals surface area contributed by atoms with Crippen LogP contribution in [0.4, 0.5) is 8.78 Å². The second-order valence-corrected chi connectivity index (χ2v) is 5.32. The van der Waals surface area contributed by atoms with Crippen molar-refractivity contribution in [2.75, 3.05) is 19.6 Å². The van der Waals surface area contributed by atoms with E-state index in [9.17, 15) is 8.78 Å². The highest BCUT2D eigenvalue weighted by molar-refractivity contribution is 5.85. The first-order chi connectivity index (χ1) is 8.67. The highest BCUT2D eigenvalue weighted by Gasteiger charge is 2.54. The Balaban J connectivity index is 0.00000133. The molecule has 0 amide bonds. The quantitative estimate of drug-likeness (QED) is 0.900. The molecule has 2 aliphatic heterocycles. The number of hydrogen-bond donors (Lipinski definition) is 1. The number of benzene rings is 1. The molecule has 1 N–H and O–H groups in total. The largest absolute Gasteiger partial charge is 0.315 e. The van der Waals surface area contributed by atoms with Crippen LogP contribution in [0.1, 0.15) is 12.0 Å². The Kier molecular flexibility index (Phi) is 4.43. The van der Waals surface area contributed by atoms with E-state index in [4.69, 9.17) is 0 Å². The Morgan fingerprint density at radius 1 is 1.26 bits per heavy atom. The molecule has 2 heterocycles. The molecule has 0 bridgehead atoms. The fourth-order valence-corrected chi connectivity index (χ4v) is 3.21. The van der Waals surface area contributed by atoms with Gasteiger partial charge in [0.25, 0.3) is 5.92 Å². The molecule has 19 heavy (non-hydrogen) atoms. The number of alkyl halides is 2. The topological polar surface area (TPSA) is 15.3 Å². The van der Waals surface area contributed by atoms with E-state index < -0.39 is 11.8 Å². The second-order valence-electron chi connectivity index (χ2n) is 5.32. The first-order valence-corrected chi connectivity index (χ1v) is 6.53. The van der Waals surface area contributed by atoms with E-state index in [2.05, 4.69) is 5.32 Å². The second kappa shape index (κ2) is 5.73. The van der Waals surface area contributed by atoms with Crippen LogP contribution in [0.5, 0.6) is 0 Å². The Hall–Kier alpha value is -0.710. The van der Waals surface area contributed by atoms with Gasteiger partial charge in [0.05, 0.1) is 6.54 Å². The van der Waals surface area contributed by atoms with Crippen molar-refractivity contribution < 1.29 is 8.78 Å². The van der Waals surface area contributed by atoms with Crippen LogP contribution in [0, 0.1) is 5.92 Å². The highest BCUT2D eigenvalue weighted by atomic mass is 35.5. The molecular weight excluding hydrogens is 270 g/mol. The van der Waals surface area contributed by atoms with Gasteiger partial charge in [-0.05, 0) is 18.5 Å². The van der Waals surface area contributed by atoms with Crippen molar-refractivity contribution in [3.05, 3.63) is 35.9 Å². The van der Waals surface area contributed by atoms with Crippen LogP contribution in [-0.2, 0) is 6.54 Å². The van der Waals surface area contributed by atoms with Crippen molar-refractivity contribution in [1.29, 1.82) is 0 Å². The monoisotopic (exact) mass is 288 g/mol. The predicted molar refractivity (Wildman–Crippen MR) is 73.8 cm³/mol. The minimum Gasteiger partial charge on any atom is -0.315 e. The summed E-state index contributed by atoms with van der Waals surface area (Å²) < 4.78 is 27.9. The Morgan fingerprint density at radius 2 is 2.00 bits per heavy atom. The van der Waals surface area contributed by atoms with Gasteiger partial charge in [-0.25, -0.2) is 8.78 Å². The minimum absolute atomic E-state index is 0. The number of likely N-dealkylation sites (tertiary alicyclic amines) is 1. The molecule has 5 heteroatoms. The van der Waals surface area contributed by atoms with E-state index in [0.29, 0.717) is 19.5 Å². The summed E-state index contributed by atoms with van der Waals surface area (Å²) in [7, 11) is 0. The van der Waals surface area contributed by atoms with Crippen LogP contribution < -0.4 is 5.32 Å². The molecule has 2 nitrogen and oxygen atoms in total. The van der Waals surface area contributed by atoms with Crippen molar-refractivity contribution in [3.63, 3.8) is 0 Å². The molecule has 2 saturated heterocycles. The lowest BCUT2D eigenvalue weighted by Gasteiger charge is -2.32. The summed E-state index contributed by atoms with van der Waals surface area (Å²) in [6.07, 6.45) is 0.586. The fraction of sp³-hybridized carbons (Fsp3) is 0.571. The zero-order valence-corrected chi connectivity index (χ0v) is 11.5. The summed E-state index contributed by atoms with van der Waals surface area (Å²) in [5.74, 6) is -3.00. The predicted octanol–water partition coefficient (Wildman–Crippen LogP) is 2.54. The normalized spacial score (nSPS) is 29.6. The molecule has 0 spiro atoms. The molecule has 3 rings (SSSR count). The average Bonchev–Trinajstić information content (AvgIpc) is 2.63. The molecule has 1 aromatic rings. The third-order valence-electron chi connectivity index (χ3n) is 4.10. The summed E-state index contributed by atoms with van der Waals surface area (Å²) in [5, 5.41) is 3.23. The first-order valence-electron chi connectivity index (χ1n) is 6.53. The molecule has 1 aromatic carbocycles. The van der Waals surface area contributed by atoms with E-state index in [-0.39, 0.29) is 25.0 Å². The number of nitrogens with one attached hydrogen (secondary N) is 1. The number of halogens is 3. The number of fused-ring (bicyclic) bond motifs is 1. The van der Waals surface area contributed by atoms with E-state index in [0.717, 1.165) is 12.1 Å². The van der Waals surface area contributed by atoms with Crippen LogP contribution in [0.2, 0.25) is 0 Å². The van der Waals surface area contributed by atoms with Gasteiger partial charge in [0.1, 0.15) is 0 Å². The van der Waals surface area contributed by atoms with Crippen LogP contribution in [0.3, 0.4) is 0 Å². The molecule has 0 saturated carbocycles. The van der Waals surface area contributed by atoms with Gasteiger partial charge in [-0.2, -0.15) is 0 Å². The maximum absolute atomic E-state index is 14.0. The Morgan fingerprint density at radius 3 is 2.74 bits per heavy atom. The van der Waals surface area contributed by atoms with Crippen LogP contribution in [0.15, 0.2) is 30.3 Å². The third-order valence-corrected chi connectivity index (χ3v) is 4.10. The molecular formula is C14H19ClF2N2. The number of hydrogen-bond acceptors (Lipinski definition) is 2. The number of nitrogens with zero attached hydrogens (tertiary/aromatic N) is 1. The van der Waals surface area contributed by atoms with Gasteiger partial charge in [-0.1, -0.05) is 30.3 Å². The zero-order chi connectivity index (χ0) is 12.6. The number of piperidine rings is 1. The first kappa shape index (κ1) is 14.7. The SMILES string of the molecule is Cl.FC1(F)CN(Cc2ccccc2)[C@@H]2CNCC[C@@H]21. The maximum atomic E-state index is 14.0. The van der Waals surface area contributed by atoms with Crippen LogP contribution >= 0.6 is 12.4 Å². The van der Waals surface area contributed by atoms with Crippen LogP contribution in [-0.4, -0.2) is 36.5 Å². The summed E-state index contributed by atoms with van der Waals surface area (Å²) in [5.41, 5.74) is 1.11. The fourth-order valence-electron chi connectivity index (χ4n) is 3.21. The van der Waals surface area contributed by atoms with E-state index >= 15 is 0 Å². The van der Waals surface area contributed by atoms with Gasteiger partial charge < -0.3 is 5.32 Å². The van der Waals surface area contributed by atoms with Crippen molar-refractivity contribution >= 4 is 12.4 Å². The molecule has 2 atom stereocenters. The standard InChI is InChI=1S/C14H18F2N2.ClH/c15-14(16)10-18(9-11-4-2-1-3-5-11)13-8-17-7-6-12(13)14;/h1-5,12-13,17H,6-10H2;1H/t12-,13+;/m0./s1. The molecule has 0 unspecified atom stereocenters. The molecule has 2 fully saturated rings. The van der Waals surface area contributed by atoms with Crippen molar-refractivity contribution in [2.24, 2.45) is 5.92 Å². The van der Waals surface area contributed by atoms with Gasteiger partial charge in [0, 0.05) is 25.0 Å². The Labute approximate surface area is 118 Å².